The van der Waals surface area contributed by atoms with Gasteiger partial charge in [-0.2, -0.15) is 0 Å². The van der Waals surface area contributed by atoms with E-state index in [4.69, 9.17) is 0 Å². The lowest BCUT2D eigenvalue weighted by molar-refractivity contribution is -0.117. The molecule has 2 heterocycles. The van der Waals surface area contributed by atoms with Crippen molar-refractivity contribution in [3.05, 3.63) is 64.5 Å². The molecular formula is C20H19FN2O2. The summed E-state index contributed by atoms with van der Waals surface area (Å²) in [5.41, 5.74) is 4.21. The number of nitrogens with one attached hydrogen (secondary N) is 1. The van der Waals surface area contributed by atoms with Crippen LogP contribution >= 0.6 is 0 Å². The molecule has 2 aliphatic heterocycles. The minimum atomic E-state index is -0.252. The van der Waals surface area contributed by atoms with Crippen LogP contribution in [-0.4, -0.2) is 24.9 Å². The van der Waals surface area contributed by atoms with Crippen molar-refractivity contribution in [3.63, 3.8) is 0 Å². The average Bonchev–Trinajstić information content (AvgIpc) is 2.94. The normalized spacial score (nSPS) is 15.2. The molecule has 0 radical (unpaired) electrons. The highest BCUT2D eigenvalue weighted by molar-refractivity contribution is 6.04. The van der Waals surface area contributed by atoms with Gasteiger partial charge in [-0.05, 0) is 54.2 Å². The number of rotatable bonds is 4. The fourth-order valence-corrected chi connectivity index (χ4v) is 3.72. The number of aryl methyl sites for hydroxylation is 1. The van der Waals surface area contributed by atoms with Gasteiger partial charge in [0, 0.05) is 18.7 Å². The molecule has 0 aromatic heterocycles. The fraction of sp³-hybridized carbons (Fsp3) is 0.300. The Morgan fingerprint density at radius 1 is 1.20 bits per heavy atom. The van der Waals surface area contributed by atoms with Crippen molar-refractivity contribution in [1.82, 2.24) is 5.32 Å². The maximum absolute atomic E-state index is 13.6. The van der Waals surface area contributed by atoms with Crippen LogP contribution in [0.5, 0.6) is 0 Å². The Hall–Kier alpha value is -2.69. The third kappa shape index (κ3) is 2.90. The van der Waals surface area contributed by atoms with E-state index in [0.717, 1.165) is 36.2 Å². The first-order valence-electron chi connectivity index (χ1n) is 8.61. The van der Waals surface area contributed by atoms with Gasteiger partial charge in [-0.1, -0.05) is 18.2 Å². The maximum atomic E-state index is 13.6. The maximum Gasteiger partial charge on any atom is 0.251 e. The number of nitrogens with zero attached hydrogens (tertiary/aromatic N) is 1. The molecule has 0 saturated carbocycles. The summed E-state index contributed by atoms with van der Waals surface area (Å²) in [7, 11) is 0. The Balaban J connectivity index is 1.47. The van der Waals surface area contributed by atoms with Gasteiger partial charge in [0.15, 0.2) is 0 Å². The summed E-state index contributed by atoms with van der Waals surface area (Å²) < 4.78 is 13.6. The largest absolute Gasteiger partial charge is 0.352 e. The lowest BCUT2D eigenvalue weighted by Crippen LogP contribution is -2.31. The molecule has 4 rings (SSSR count). The van der Waals surface area contributed by atoms with Gasteiger partial charge >= 0.3 is 0 Å². The second-order valence-corrected chi connectivity index (χ2v) is 6.57. The van der Waals surface area contributed by atoms with E-state index >= 15 is 0 Å². The number of carbonyl (C=O) groups is 2. The van der Waals surface area contributed by atoms with Crippen LogP contribution in [0.2, 0.25) is 0 Å². The lowest BCUT2D eigenvalue weighted by atomic mass is 9.96. The number of carbonyl (C=O) groups excluding carboxylic acids is 2. The highest BCUT2D eigenvalue weighted by atomic mass is 19.1. The molecule has 25 heavy (non-hydrogen) atoms. The van der Waals surface area contributed by atoms with Gasteiger partial charge in [0.2, 0.25) is 5.91 Å². The zero-order chi connectivity index (χ0) is 17.4. The van der Waals surface area contributed by atoms with Crippen molar-refractivity contribution in [2.45, 2.75) is 25.7 Å². The van der Waals surface area contributed by atoms with Crippen LogP contribution in [0.1, 0.15) is 33.5 Å². The summed E-state index contributed by atoms with van der Waals surface area (Å²) in [6.45, 7) is 1.14. The monoisotopic (exact) mass is 338 g/mol. The summed E-state index contributed by atoms with van der Waals surface area (Å²) in [6.07, 6.45) is 2.64. The van der Waals surface area contributed by atoms with Crippen LogP contribution in [-0.2, 0) is 24.1 Å². The van der Waals surface area contributed by atoms with E-state index in [0.29, 0.717) is 30.5 Å². The van der Waals surface area contributed by atoms with Gasteiger partial charge in [-0.15, -0.1) is 0 Å². The first-order chi connectivity index (χ1) is 12.1. The molecule has 2 aromatic rings. The van der Waals surface area contributed by atoms with Crippen LogP contribution < -0.4 is 10.2 Å². The SMILES string of the molecule is O=C(NCCc1ccccc1F)c1cc2c3c(c1)CC(=O)N3CCC2. The van der Waals surface area contributed by atoms with Crippen LogP contribution in [0.4, 0.5) is 10.1 Å². The highest BCUT2D eigenvalue weighted by Crippen LogP contribution is 2.37. The molecule has 4 nitrogen and oxygen atoms in total. The molecule has 0 spiro atoms. The molecule has 2 amide bonds. The Labute approximate surface area is 145 Å². The van der Waals surface area contributed by atoms with Crippen molar-refractivity contribution < 1.29 is 14.0 Å². The lowest BCUT2D eigenvalue weighted by Gasteiger charge is -2.25. The molecule has 1 N–H and O–H groups in total. The Morgan fingerprint density at radius 3 is 2.84 bits per heavy atom. The van der Waals surface area contributed by atoms with Crippen molar-refractivity contribution in [2.75, 3.05) is 18.0 Å². The van der Waals surface area contributed by atoms with Crippen LogP contribution in [0, 0.1) is 5.82 Å². The minimum Gasteiger partial charge on any atom is -0.352 e. The van der Waals surface area contributed by atoms with E-state index in [-0.39, 0.29) is 17.6 Å². The number of anilines is 1. The quantitative estimate of drug-likeness (QED) is 0.932. The molecule has 5 heteroatoms. The summed E-state index contributed by atoms with van der Waals surface area (Å²) in [5, 5.41) is 2.85. The first kappa shape index (κ1) is 15.8. The molecule has 0 saturated heterocycles. The third-order valence-corrected chi connectivity index (χ3v) is 4.91. The van der Waals surface area contributed by atoms with E-state index in [2.05, 4.69) is 5.32 Å². The average molecular weight is 338 g/mol. The molecule has 0 unspecified atom stereocenters. The van der Waals surface area contributed by atoms with E-state index in [1.807, 2.05) is 17.0 Å². The molecule has 0 fully saturated rings. The molecule has 0 atom stereocenters. The number of hydrogen-bond acceptors (Lipinski definition) is 2. The number of hydrogen-bond donors (Lipinski definition) is 1. The zero-order valence-electron chi connectivity index (χ0n) is 13.8. The van der Waals surface area contributed by atoms with Gasteiger partial charge in [0.1, 0.15) is 5.82 Å². The van der Waals surface area contributed by atoms with Crippen molar-refractivity contribution in [3.8, 4) is 0 Å². The molecule has 128 valence electrons. The van der Waals surface area contributed by atoms with Gasteiger partial charge in [-0.25, -0.2) is 4.39 Å². The fourth-order valence-electron chi connectivity index (χ4n) is 3.72. The van der Waals surface area contributed by atoms with Crippen LogP contribution in [0.25, 0.3) is 0 Å². The van der Waals surface area contributed by atoms with Crippen molar-refractivity contribution >= 4 is 17.5 Å². The summed E-state index contributed by atoms with van der Waals surface area (Å²) in [4.78, 5) is 26.4. The second-order valence-electron chi connectivity index (χ2n) is 6.57. The highest BCUT2D eigenvalue weighted by Gasteiger charge is 2.32. The van der Waals surface area contributed by atoms with Crippen LogP contribution in [0.3, 0.4) is 0 Å². The molecular weight excluding hydrogens is 319 g/mol. The Kier molecular flexibility index (Phi) is 3.99. The van der Waals surface area contributed by atoms with Crippen molar-refractivity contribution in [1.29, 1.82) is 0 Å². The van der Waals surface area contributed by atoms with Gasteiger partial charge < -0.3 is 10.2 Å². The molecule has 2 aromatic carbocycles. The smallest absolute Gasteiger partial charge is 0.251 e. The standard InChI is InChI=1S/C20H19FN2O2/c21-17-6-2-1-4-13(17)7-8-22-20(25)16-10-14-5-3-9-23-18(24)12-15(11-16)19(14)23/h1-2,4,6,10-11H,3,5,7-9,12H2,(H,22,25). The topological polar surface area (TPSA) is 49.4 Å². The van der Waals surface area contributed by atoms with Crippen molar-refractivity contribution in [2.24, 2.45) is 0 Å². The van der Waals surface area contributed by atoms with E-state index < -0.39 is 0 Å². The summed E-state index contributed by atoms with van der Waals surface area (Å²) in [6, 6.07) is 10.3. The van der Waals surface area contributed by atoms with Gasteiger partial charge in [0.05, 0.1) is 12.1 Å². The summed E-state index contributed by atoms with van der Waals surface area (Å²) in [5.74, 6) is -0.308. The number of benzene rings is 2. The molecule has 2 aliphatic rings. The number of halogens is 1. The Morgan fingerprint density at radius 2 is 2.00 bits per heavy atom. The number of amides is 2. The summed E-state index contributed by atoms with van der Waals surface area (Å²) >= 11 is 0. The minimum absolute atomic E-state index is 0.119. The zero-order valence-corrected chi connectivity index (χ0v) is 13.8. The molecule has 0 bridgehead atoms. The van der Waals surface area contributed by atoms with E-state index in [1.54, 1.807) is 18.2 Å². The predicted molar refractivity (Wildman–Crippen MR) is 93.3 cm³/mol. The molecule has 0 aliphatic carbocycles. The predicted octanol–water partition coefficient (Wildman–Crippen LogP) is 2.63. The second kappa shape index (κ2) is 6.31. The van der Waals surface area contributed by atoms with Crippen LogP contribution in [0.15, 0.2) is 36.4 Å². The van der Waals surface area contributed by atoms with Gasteiger partial charge in [0.25, 0.3) is 5.91 Å². The van der Waals surface area contributed by atoms with E-state index in [9.17, 15) is 14.0 Å². The first-order valence-corrected chi connectivity index (χ1v) is 8.61. The third-order valence-electron chi connectivity index (χ3n) is 4.91. The van der Waals surface area contributed by atoms with Gasteiger partial charge in [-0.3, -0.25) is 9.59 Å². The van der Waals surface area contributed by atoms with E-state index in [1.165, 1.54) is 6.07 Å². The Bertz CT molecular complexity index is 863.